The third kappa shape index (κ3) is 3.67. The van der Waals surface area contributed by atoms with Crippen LogP contribution in [-0.2, 0) is 23.1 Å². The zero-order valence-corrected chi connectivity index (χ0v) is 13.2. The lowest BCUT2D eigenvalue weighted by molar-refractivity contribution is -0.133. The molecule has 1 aliphatic heterocycles. The summed E-state index contributed by atoms with van der Waals surface area (Å²) in [7, 11) is 3.61. The Morgan fingerprint density at radius 3 is 3.04 bits per heavy atom. The van der Waals surface area contributed by atoms with Crippen molar-refractivity contribution in [3.8, 4) is 5.75 Å². The highest BCUT2D eigenvalue weighted by Gasteiger charge is 2.35. The van der Waals surface area contributed by atoms with Gasteiger partial charge in [0.25, 0.3) is 0 Å². The van der Waals surface area contributed by atoms with Crippen molar-refractivity contribution in [1.29, 1.82) is 0 Å². The van der Waals surface area contributed by atoms with Crippen LogP contribution in [0.25, 0.3) is 0 Å². The number of hydrogen-bond donors (Lipinski definition) is 0. The molecule has 2 atom stereocenters. The van der Waals surface area contributed by atoms with Crippen LogP contribution in [0.2, 0.25) is 0 Å². The molecule has 0 bridgehead atoms. The number of amides is 1. The molecule has 0 unspecified atom stereocenters. The standard InChI is InChI=1S/C14H20N6O3/c1-18-6-11(5-16-18)23-13-8-22-7-12(13)19(2)14(21)3-4-20-10-15-9-17-20/h5-6,9-10,12-13H,3-4,7-8H2,1-2H3/t12-,13+/m0/s1. The molecule has 0 saturated carbocycles. The summed E-state index contributed by atoms with van der Waals surface area (Å²) in [5.74, 6) is 0.701. The van der Waals surface area contributed by atoms with E-state index in [9.17, 15) is 4.79 Å². The molecule has 1 fully saturated rings. The molecule has 9 heteroatoms. The van der Waals surface area contributed by atoms with Crippen molar-refractivity contribution in [3.63, 3.8) is 0 Å². The van der Waals surface area contributed by atoms with Gasteiger partial charge in [0.05, 0.1) is 38.2 Å². The van der Waals surface area contributed by atoms with E-state index in [0.29, 0.717) is 31.9 Å². The van der Waals surface area contributed by atoms with Gasteiger partial charge in [0.1, 0.15) is 18.8 Å². The molecule has 0 spiro atoms. The zero-order chi connectivity index (χ0) is 16.2. The van der Waals surface area contributed by atoms with Crippen LogP contribution in [-0.4, -0.2) is 67.8 Å². The molecule has 0 aliphatic carbocycles. The minimum absolute atomic E-state index is 0.0239. The second-order valence-electron chi connectivity index (χ2n) is 5.52. The zero-order valence-electron chi connectivity index (χ0n) is 13.2. The van der Waals surface area contributed by atoms with Crippen molar-refractivity contribution in [2.75, 3.05) is 20.3 Å². The van der Waals surface area contributed by atoms with Gasteiger partial charge in [-0.25, -0.2) is 4.98 Å². The maximum absolute atomic E-state index is 12.4. The topological polar surface area (TPSA) is 87.3 Å². The quantitative estimate of drug-likeness (QED) is 0.727. The maximum atomic E-state index is 12.4. The van der Waals surface area contributed by atoms with Crippen molar-refractivity contribution in [1.82, 2.24) is 29.4 Å². The fourth-order valence-corrected chi connectivity index (χ4v) is 2.55. The van der Waals surface area contributed by atoms with E-state index in [2.05, 4.69) is 15.2 Å². The molecule has 23 heavy (non-hydrogen) atoms. The van der Waals surface area contributed by atoms with E-state index in [1.54, 1.807) is 40.0 Å². The smallest absolute Gasteiger partial charge is 0.224 e. The van der Waals surface area contributed by atoms with Crippen LogP contribution in [0.3, 0.4) is 0 Å². The minimum atomic E-state index is -0.195. The van der Waals surface area contributed by atoms with Gasteiger partial charge in [0, 0.05) is 20.5 Å². The van der Waals surface area contributed by atoms with Gasteiger partial charge in [-0.3, -0.25) is 14.2 Å². The SMILES string of the molecule is CN(C(=O)CCn1cncn1)[C@H]1COC[C@H]1Oc1cnn(C)c1. The average Bonchev–Trinajstić information content (AvgIpc) is 3.27. The maximum Gasteiger partial charge on any atom is 0.224 e. The molecule has 9 nitrogen and oxygen atoms in total. The Bertz CT molecular complexity index is 641. The van der Waals surface area contributed by atoms with Gasteiger partial charge in [-0.15, -0.1) is 0 Å². The van der Waals surface area contributed by atoms with Crippen molar-refractivity contribution in [3.05, 3.63) is 25.0 Å². The van der Waals surface area contributed by atoms with Gasteiger partial charge < -0.3 is 14.4 Å². The van der Waals surface area contributed by atoms with E-state index < -0.39 is 0 Å². The summed E-state index contributed by atoms with van der Waals surface area (Å²) in [5.41, 5.74) is 0. The van der Waals surface area contributed by atoms with Gasteiger partial charge in [-0.1, -0.05) is 0 Å². The fraction of sp³-hybridized carbons (Fsp3) is 0.571. The second-order valence-corrected chi connectivity index (χ2v) is 5.52. The van der Waals surface area contributed by atoms with Crippen LogP contribution in [0.15, 0.2) is 25.0 Å². The van der Waals surface area contributed by atoms with Crippen LogP contribution >= 0.6 is 0 Å². The van der Waals surface area contributed by atoms with E-state index in [0.717, 1.165) is 0 Å². The number of aryl methyl sites for hydroxylation is 2. The summed E-state index contributed by atoms with van der Waals surface area (Å²) < 4.78 is 14.7. The van der Waals surface area contributed by atoms with Gasteiger partial charge in [0.15, 0.2) is 5.75 Å². The predicted octanol–water partition coefficient (Wildman–Crippen LogP) is -0.293. The van der Waals surface area contributed by atoms with Gasteiger partial charge in [-0.2, -0.15) is 10.2 Å². The number of carbonyl (C=O) groups is 1. The highest BCUT2D eigenvalue weighted by Crippen LogP contribution is 2.20. The summed E-state index contributed by atoms with van der Waals surface area (Å²) >= 11 is 0. The Morgan fingerprint density at radius 2 is 2.35 bits per heavy atom. The van der Waals surface area contributed by atoms with E-state index in [1.165, 1.54) is 6.33 Å². The fourth-order valence-electron chi connectivity index (χ4n) is 2.55. The summed E-state index contributed by atoms with van der Waals surface area (Å²) in [6.45, 7) is 1.43. The first-order chi connectivity index (χ1) is 11.1. The average molecular weight is 320 g/mol. The molecular weight excluding hydrogens is 300 g/mol. The largest absolute Gasteiger partial charge is 0.482 e. The van der Waals surface area contributed by atoms with Crippen LogP contribution in [0.4, 0.5) is 0 Å². The minimum Gasteiger partial charge on any atom is -0.482 e. The highest BCUT2D eigenvalue weighted by atomic mass is 16.5. The second kappa shape index (κ2) is 6.78. The molecule has 2 aromatic heterocycles. The summed E-state index contributed by atoms with van der Waals surface area (Å²) in [5, 5.41) is 8.07. The molecule has 0 aromatic carbocycles. The Labute approximate surface area is 133 Å². The molecule has 3 rings (SSSR count). The first-order valence-corrected chi connectivity index (χ1v) is 7.44. The monoisotopic (exact) mass is 320 g/mol. The van der Waals surface area contributed by atoms with Crippen molar-refractivity contribution >= 4 is 5.91 Å². The van der Waals surface area contributed by atoms with E-state index >= 15 is 0 Å². The number of rotatable bonds is 6. The van der Waals surface area contributed by atoms with Gasteiger partial charge in [-0.05, 0) is 0 Å². The highest BCUT2D eigenvalue weighted by molar-refractivity contribution is 5.76. The number of ether oxygens (including phenoxy) is 2. The number of aromatic nitrogens is 5. The molecule has 0 N–H and O–H groups in total. The van der Waals surface area contributed by atoms with Crippen LogP contribution in [0, 0.1) is 0 Å². The molecule has 1 amide bonds. The molecule has 2 aromatic rings. The van der Waals surface area contributed by atoms with E-state index in [-0.39, 0.29) is 18.1 Å². The number of likely N-dealkylation sites (N-methyl/N-ethyl adjacent to an activating group) is 1. The van der Waals surface area contributed by atoms with Crippen molar-refractivity contribution < 1.29 is 14.3 Å². The molecule has 124 valence electrons. The third-order valence-corrected chi connectivity index (χ3v) is 3.88. The molecular formula is C14H20N6O3. The van der Waals surface area contributed by atoms with Crippen LogP contribution in [0.5, 0.6) is 5.75 Å². The third-order valence-electron chi connectivity index (χ3n) is 3.88. The van der Waals surface area contributed by atoms with Crippen molar-refractivity contribution in [2.45, 2.75) is 25.1 Å². The van der Waals surface area contributed by atoms with Crippen LogP contribution < -0.4 is 4.74 Å². The normalized spacial score (nSPS) is 20.6. The first-order valence-electron chi connectivity index (χ1n) is 7.44. The first kappa shape index (κ1) is 15.5. The van der Waals surface area contributed by atoms with Crippen LogP contribution in [0.1, 0.15) is 6.42 Å². The number of carbonyl (C=O) groups excluding carboxylic acids is 1. The lowest BCUT2D eigenvalue weighted by atomic mass is 10.1. The summed E-state index contributed by atoms with van der Waals surface area (Å²) in [4.78, 5) is 17.9. The summed E-state index contributed by atoms with van der Waals surface area (Å²) in [6.07, 6.45) is 6.66. The number of hydrogen-bond acceptors (Lipinski definition) is 6. The molecule has 3 heterocycles. The Morgan fingerprint density at radius 1 is 1.48 bits per heavy atom. The lowest BCUT2D eigenvalue weighted by Gasteiger charge is -2.28. The van der Waals surface area contributed by atoms with Crippen molar-refractivity contribution in [2.24, 2.45) is 7.05 Å². The molecule has 1 saturated heterocycles. The summed E-state index contributed by atoms with van der Waals surface area (Å²) in [6, 6.07) is -0.113. The lowest BCUT2D eigenvalue weighted by Crippen LogP contribution is -2.46. The molecule has 1 aliphatic rings. The Hall–Kier alpha value is -2.42. The Balaban J connectivity index is 1.56. The van der Waals surface area contributed by atoms with Gasteiger partial charge in [0.2, 0.25) is 5.91 Å². The Kier molecular flexibility index (Phi) is 4.56. The van der Waals surface area contributed by atoms with Gasteiger partial charge >= 0.3 is 0 Å². The predicted molar refractivity (Wildman–Crippen MR) is 79.6 cm³/mol. The number of nitrogens with zero attached hydrogens (tertiary/aromatic N) is 6. The van der Waals surface area contributed by atoms with E-state index in [4.69, 9.17) is 9.47 Å². The van der Waals surface area contributed by atoms with E-state index in [1.807, 2.05) is 7.05 Å². The molecule has 0 radical (unpaired) electrons.